The monoisotopic (exact) mass is 181 g/mol. The highest BCUT2D eigenvalue weighted by molar-refractivity contribution is 5.69. The van der Waals surface area contributed by atoms with Crippen LogP contribution in [0.25, 0.3) is 0 Å². The highest BCUT2D eigenvalue weighted by atomic mass is 16.5. The third kappa shape index (κ3) is 1.95. The first kappa shape index (κ1) is 8.44. The Morgan fingerprint density at radius 2 is 2.62 bits per heavy atom. The average Bonchev–Trinajstić information content (AvgIpc) is 2.76. The molecule has 0 aliphatic carbocycles. The second-order valence-corrected chi connectivity index (χ2v) is 3.21. The van der Waals surface area contributed by atoms with Crippen LogP contribution in [-0.2, 0) is 11.2 Å². The Hall–Kier alpha value is -1.16. The van der Waals surface area contributed by atoms with Gasteiger partial charge in [0.05, 0.1) is 6.20 Å². The van der Waals surface area contributed by atoms with Crippen molar-refractivity contribution in [1.82, 2.24) is 4.98 Å². The van der Waals surface area contributed by atoms with Crippen LogP contribution in [0.5, 0.6) is 0 Å². The molecule has 0 bridgehead atoms. The molecule has 13 heavy (non-hydrogen) atoms. The quantitative estimate of drug-likeness (QED) is 0.654. The minimum Gasteiger partial charge on any atom is -0.438 e. The van der Waals surface area contributed by atoms with E-state index in [0.29, 0.717) is 23.9 Å². The van der Waals surface area contributed by atoms with E-state index in [1.54, 1.807) is 0 Å². The van der Waals surface area contributed by atoms with Crippen molar-refractivity contribution in [2.45, 2.75) is 12.8 Å². The van der Waals surface area contributed by atoms with Gasteiger partial charge in [-0.25, -0.2) is 4.98 Å². The van der Waals surface area contributed by atoms with E-state index < -0.39 is 0 Å². The summed E-state index contributed by atoms with van der Waals surface area (Å²) in [5, 5.41) is 0. The predicted octanol–water partition coefficient (Wildman–Crippen LogP) is 1.07. The molecule has 1 aromatic heterocycles. The van der Waals surface area contributed by atoms with Gasteiger partial charge in [0.25, 0.3) is 0 Å². The van der Waals surface area contributed by atoms with Crippen molar-refractivity contribution in [2.75, 3.05) is 13.2 Å². The number of aldehydes is 1. The molecule has 1 saturated heterocycles. The van der Waals surface area contributed by atoms with Gasteiger partial charge in [0.2, 0.25) is 0 Å². The molecular weight excluding hydrogens is 170 g/mol. The summed E-state index contributed by atoms with van der Waals surface area (Å²) in [5.74, 6) is 1.43. The number of oxazole rings is 1. The van der Waals surface area contributed by atoms with Crippen LogP contribution in [0.4, 0.5) is 0 Å². The maximum absolute atomic E-state index is 10.3. The molecule has 1 aliphatic heterocycles. The van der Waals surface area contributed by atoms with Crippen LogP contribution in [0.1, 0.15) is 22.9 Å². The first-order valence-electron chi connectivity index (χ1n) is 4.36. The highest BCUT2D eigenvalue weighted by Gasteiger charge is 2.18. The lowest BCUT2D eigenvalue weighted by molar-refractivity contribution is 0.109. The van der Waals surface area contributed by atoms with Crippen molar-refractivity contribution in [3.63, 3.8) is 0 Å². The van der Waals surface area contributed by atoms with Crippen LogP contribution in [0, 0.1) is 5.92 Å². The topological polar surface area (TPSA) is 52.3 Å². The van der Waals surface area contributed by atoms with E-state index in [2.05, 4.69) is 4.98 Å². The smallest absolute Gasteiger partial charge is 0.195 e. The van der Waals surface area contributed by atoms with E-state index >= 15 is 0 Å². The van der Waals surface area contributed by atoms with Gasteiger partial charge in [-0.15, -0.1) is 0 Å². The molecule has 4 nitrogen and oxygen atoms in total. The van der Waals surface area contributed by atoms with Gasteiger partial charge in [-0.1, -0.05) is 0 Å². The van der Waals surface area contributed by atoms with Gasteiger partial charge in [0.15, 0.2) is 17.9 Å². The van der Waals surface area contributed by atoms with Crippen molar-refractivity contribution in [3.8, 4) is 0 Å². The number of carbonyl (C=O) groups is 1. The van der Waals surface area contributed by atoms with E-state index in [1.165, 1.54) is 6.20 Å². The fraction of sp³-hybridized carbons (Fsp3) is 0.556. The number of ether oxygens (including phenoxy) is 1. The standard InChI is InChI=1S/C9H11NO3/c11-5-8-4-10-9(13-8)3-7-1-2-12-6-7/h4-5,7H,1-3,6H2. The van der Waals surface area contributed by atoms with E-state index in [4.69, 9.17) is 9.15 Å². The SMILES string of the molecule is O=Cc1cnc(CC2CCOC2)o1. The molecule has 70 valence electrons. The predicted molar refractivity (Wildman–Crippen MR) is 44.5 cm³/mol. The number of nitrogens with zero attached hydrogens (tertiary/aromatic N) is 1. The van der Waals surface area contributed by atoms with Crippen molar-refractivity contribution in [1.29, 1.82) is 0 Å². The highest BCUT2D eigenvalue weighted by Crippen LogP contribution is 2.17. The average molecular weight is 181 g/mol. The van der Waals surface area contributed by atoms with E-state index in [1.807, 2.05) is 0 Å². The summed E-state index contributed by atoms with van der Waals surface area (Å²) in [6.45, 7) is 1.60. The van der Waals surface area contributed by atoms with Gasteiger partial charge >= 0.3 is 0 Å². The van der Waals surface area contributed by atoms with Crippen LogP contribution in [0.2, 0.25) is 0 Å². The summed E-state index contributed by atoms with van der Waals surface area (Å²) in [6.07, 6.45) is 3.95. The summed E-state index contributed by atoms with van der Waals surface area (Å²) in [7, 11) is 0. The molecule has 1 atom stereocenters. The second-order valence-electron chi connectivity index (χ2n) is 3.21. The molecule has 0 amide bonds. The molecule has 0 radical (unpaired) electrons. The van der Waals surface area contributed by atoms with Crippen molar-refractivity contribution in [3.05, 3.63) is 17.8 Å². The molecule has 1 aromatic rings. The molecule has 2 rings (SSSR count). The first-order valence-corrected chi connectivity index (χ1v) is 4.36. The summed E-state index contributed by atoms with van der Waals surface area (Å²) in [4.78, 5) is 14.3. The third-order valence-corrected chi connectivity index (χ3v) is 2.17. The maximum Gasteiger partial charge on any atom is 0.195 e. The lowest BCUT2D eigenvalue weighted by atomic mass is 10.1. The van der Waals surface area contributed by atoms with Gasteiger partial charge in [-0.3, -0.25) is 4.79 Å². The normalized spacial score (nSPS) is 22.0. The number of hydrogen-bond donors (Lipinski definition) is 0. The van der Waals surface area contributed by atoms with Crippen molar-refractivity contribution in [2.24, 2.45) is 5.92 Å². The van der Waals surface area contributed by atoms with E-state index in [0.717, 1.165) is 26.1 Å². The Kier molecular flexibility index (Phi) is 2.40. The second kappa shape index (κ2) is 3.70. The third-order valence-electron chi connectivity index (χ3n) is 2.17. The van der Waals surface area contributed by atoms with Gasteiger partial charge < -0.3 is 9.15 Å². The van der Waals surface area contributed by atoms with Gasteiger partial charge in [0, 0.05) is 19.6 Å². The molecule has 0 saturated carbocycles. The lowest BCUT2D eigenvalue weighted by Gasteiger charge is -2.01. The molecule has 1 fully saturated rings. The number of rotatable bonds is 3. The van der Waals surface area contributed by atoms with Crippen LogP contribution < -0.4 is 0 Å². The summed E-state index contributed by atoms with van der Waals surface area (Å²) in [5.41, 5.74) is 0. The van der Waals surface area contributed by atoms with Crippen LogP contribution >= 0.6 is 0 Å². The maximum atomic E-state index is 10.3. The summed E-state index contributed by atoms with van der Waals surface area (Å²) >= 11 is 0. The minimum absolute atomic E-state index is 0.300. The fourth-order valence-electron chi connectivity index (χ4n) is 1.46. The number of hydrogen-bond acceptors (Lipinski definition) is 4. The van der Waals surface area contributed by atoms with Crippen LogP contribution in [-0.4, -0.2) is 24.5 Å². The molecule has 0 aromatic carbocycles. The molecule has 1 aliphatic rings. The van der Waals surface area contributed by atoms with Crippen molar-refractivity contribution >= 4 is 6.29 Å². The summed E-state index contributed by atoms with van der Waals surface area (Å²) < 4.78 is 10.4. The molecule has 0 N–H and O–H groups in total. The Morgan fingerprint density at radius 1 is 1.69 bits per heavy atom. The Morgan fingerprint density at radius 3 is 3.23 bits per heavy atom. The Bertz CT molecular complexity index is 289. The first-order chi connectivity index (χ1) is 6.38. The minimum atomic E-state index is 0.300. The lowest BCUT2D eigenvalue weighted by Crippen LogP contribution is -2.03. The molecule has 2 heterocycles. The fourth-order valence-corrected chi connectivity index (χ4v) is 1.46. The van der Waals surface area contributed by atoms with Crippen molar-refractivity contribution < 1.29 is 13.9 Å². The molecule has 4 heteroatoms. The largest absolute Gasteiger partial charge is 0.438 e. The van der Waals surface area contributed by atoms with Crippen LogP contribution in [0.15, 0.2) is 10.6 Å². The number of aromatic nitrogens is 1. The number of carbonyl (C=O) groups excluding carboxylic acids is 1. The van der Waals surface area contributed by atoms with Gasteiger partial charge in [-0.2, -0.15) is 0 Å². The zero-order valence-corrected chi connectivity index (χ0v) is 7.23. The zero-order valence-electron chi connectivity index (χ0n) is 7.23. The molecule has 0 spiro atoms. The Balaban J connectivity index is 1.96. The molecular formula is C9H11NO3. The zero-order chi connectivity index (χ0) is 9.10. The summed E-state index contributed by atoms with van der Waals surface area (Å²) in [6, 6.07) is 0. The Labute approximate surface area is 75.9 Å². The van der Waals surface area contributed by atoms with Gasteiger partial charge in [0.1, 0.15) is 0 Å². The van der Waals surface area contributed by atoms with Crippen LogP contribution in [0.3, 0.4) is 0 Å². The van der Waals surface area contributed by atoms with E-state index in [-0.39, 0.29) is 0 Å². The molecule has 1 unspecified atom stereocenters. The van der Waals surface area contributed by atoms with Gasteiger partial charge in [-0.05, 0) is 12.3 Å². The van der Waals surface area contributed by atoms with E-state index in [9.17, 15) is 4.79 Å².